The lowest BCUT2D eigenvalue weighted by molar-refractivity contribution is 0.341. The molecular formula is C12H22O. The molecule has 0 saturated carbocycles. The summed E-state index contributed by atoms with van der Waals surface area (Å²) >= 11 is 0. The second-order valence-electron chi connectivity index (χ2n) is 3.42. The summed E-state index contributed by atoms with van der Waals surface area (Å²) in [7, 11) is 0. The smallest absolute Gasteiger partial charge is 0.0612 e. The molecule has 1 heteroatoms. The second-order valence-corrected chi connectivity index (χ2v) is 3.42. The Balaban J connectivity index is 3.65. The van der Waals surface area contributed by atoms with Crippen molar-refractivity contribution in [3.05, 3.63) is 24.8 Å². The minimum absolute atomic E-state index is 0.161. The number of hydrogen-bond donors (Lipinski definition) is 1. The Hall–Kier alpha value is -0.560. The highest BCUT2D eigenvalue weighted by molar-refractivity contribution is 4.85. The van der Waals surface area contributed by atoms with Gasteiger partial charge in [-0.1, -0.05) is 38.0 Å². The van der Waals surface area contributed by atoms with E-state index < -0.39 is 0 Å². The summed E-state index contributed by atoms with van der Waals surface area (Å²) in [6, 6.07) is 0. The molecule has 0 aliphatic carbocycles. The molecular weight excluding hydrogens is 160 g/mol. The Labute approximate surface area is 82.2 Å². The Morgan fingerprint density at radius 3 is 2.62 bits per heavy atom. The fraction of sp³-hybridized carbons (Fsp3) is 0.667. The van der Waals surface area contributed by atoms with Gasteiger partial charge in [-0.15, -0.1) is 6.58 Å². The van der Waals surface area contributed by atoms with Crippen molar-refractivity contribution in [2.75, 3.05) is 6.61 Å². The molecule has 1 nitrogen and oxygen atoms in total. The van der Waals surface area contributed by atoms with E-state index in [9.17, 15) is 0 Å². The summed E-state index contributed by atoms with van der Waals surface area (Å²) in [4.78, 5) is 0. The van der Waals surface area contributed by atoms with Gasteiger partial charge >= 0.3 is 0 Å². The molecule has 0 aromatic rings. The lowest BCUT2D eigenvalue weighted by Gasteiger charge is -2.11. The zero-order valence-electron chi connectivity index (χ0n) is 8.71. The minimum Gasteiger partial charge on any atom is -0.392 e. The van der Waals surface area contributed by atoms with Crippen LogP contribution in [0, 0.1) is 5.92 Å². The van der Waals surface area contributed by atoms with Crippen molar-refractivity contribution in [3.63, 3.8) is 0 Å². The van der Waals surface area contributed by atoms with Crippen molar-refractivity contribution < 1.29 is 5.11 Å². The first-order valence-electron chi connectivity index (χ1n) is 5.21. The molecule has 0 amide bonds. The van der Waals surface area contributed by atoms with E-state index in [-0.39, 0.29) is 6.61 Å². The van der Waals surface area contributed by atoms with Gasteiger partial charge in [0.15, 0.2) is 0 Å². The van der Waals surface area contributed by atoms with Gasteiger partial charge in [-0.05, 0) is 25.2 Å². The predicted octanol–water partition coefficient (Wildman–Crippen LogP) is 3.31. The van der Waals surface area contributed by atoms with Crippen LogP contribution < -0.4 is 0 Å². The molecule has 1 unspecified atom stereocenters. The van der Waals surface area contributed by atoms with Gasteiger partial charge < -0.3 is 5.11 Å². The quantitative estimate of drug-likeness (QED) is 0.571. The fourth-order valence-electron chi connectivity index (χ4n) is 1.42. The van der Waals surface area contributed by atoms with Crippen LogP contribution >= 0.6 is 0 Å². The molecule has 0 heterocycles. The molecule has 0 aliphatic rings. The van der Waals surface area contributed by atoms with Gasteiger partial charge in [0.25, 0.3) is 0 Å². The highest BCUT2D eigenvalue weighted by Gasteiger charge is 2.03. The van der Waals surface area contributed by atoms with Crippen LogP contribution in [0.15, 0.2) is 24.8 Å². The molecule has 0 aromatic heterocycles. The van der Waals surface area contributed by atoms with E-state index >= 15 is 0 Å². The summed E-state index contributed by atoms with van der Waals surface area (Å²) in [6.45, 7) is 6.14. The van der Waals surface area contributed by atoms with Crippen molar-refractivity contribution in [2.45, 2.75) is 39.0 Å². The fourth-order valence-corrected chi connectivity index (χ4v) is 1.42. The van der Waals surface area contributed by atoms with Crippen LogP contribution in [0.3, 0.4) is 0 Å². The lowest BCUT2D eigenvalue weighted by Crippen LogP contribution is -1.97. The molecule has 0 fully saturated rings. The van der Waals surface area contributed by atoms with E-state index in [2.05, 4.69) is 19.6 Å². The topological polar surface area (TPSA) is 20.2 Å². The van der Waals surface area contributed by atoms with Crippen molar-refractivity contribution in [3.8, 4) is 0 Å². The molecule has 0 aromatic carbocycles. The highest BCUT2D eigenvalue weighted by Crippen LogP contribution is 2.17. The molecule has 0 saturated heterocycles. The number of unbranched alkanes of at least 4 members (excludes halogenated alkanes) is 1. The minimum atomic E-state index is 0.161. The van der Waals surface area contributed by atoms with Gasteiger partial charge in [0, 0.05) is 0 Å². The van der Waals surface area contributed by atoms with Crippen molar-refractivity contribution in [1.82, 2.24) is 0 Å². The zero-order valence-corrected chi connectivity index (χ0v) is 8.71. The third kappa shape index (κ3) is 7.79. The van der Waals surface area contributed by atoms with Crippen LogP contribution in [0.5, 0.6) is 0 Å². The largest absolute Gasteiger partial charge is 0.392 e. The third-order valence-corrected chi connectivity index (χ3v) is 2.21. The molecule has 0 radical (unpaired) electrons. The zero-order chi connectivity index (χ0) is 9.94. The van der Waals surface area contributed by atoms with Crippen LogP contribution in [0.1, 0.15) is 39.0 Å². The molecule has 0 aliphatic heterocycles. The Morgan fingerprint density at radius 2 is 2.08 bits per heavy atom. The average Bonchev–Trinajstić information content (AvgIpc) is 2.14. The summed E-state index contributed by atoms with van der Waals surface area (Å²) < 4.78 is 0. The molecule has 0 rings (SSSR count). The maximum absolute atomic E-state index is 8.58. The maximum atomic E-state index is 8.58. The number of aliphatic hydroxyl groups excluding tert-OH is 1. The van der Waals surface area contributed by atoms with E-state index in [1.54, 1.807) is 0 Å². The monoisotopic (exact) mass is 182 g/mol. The van der Waals surface area contributed by atoms with E-state index in [4.69, 9.17) is 5.11 Å². The Kier molecular flexibility index (Phi) is 9.12. The van der Waals surface area contributed by atoms with Crippen LogP contribution in [0.25, 0.3) is 0 Å². The van der Waals surface area contributed by atoms with Crippen LogP contribution in [0.4, 0.5) is 0 Å². The average molecular weight is 182 g/mol. The molecule has 76 valence electrons. The van der Waals surface area contributed by atoms with Crippen molar-refractivity contribution in [2.24, 2.45) is 5.92 Å². The molecule has 0 bridgehead atoms. The first-order valence-corrected chi connectivity index (χ1v) is 5.21. The number of rotatable bonds is 8. The SMILES string of the molecule is C=CCC(C/C=C/CO)CCCC. The number of hydrogen-bond acceptors (Lipinski definition) is 1. The van der Waals surface area contributed by atoms with Gasteiger partial charge in [0.1, 0.15) is 0 Å². The Morgan fingerprint density at radius 1 is 1.31 bits per heavy atom. The molecule has 1 atom stereocenters. The van der Waals surface area contributed by atoms with Crippen molar-refractivity contribution >= 4 is 0 Å². The summed E-state index contributed by atoms with van der Waals surface area (Å²) in [5, 5.41) is 8.58. The van der Waals surface area contributed by atoms with Gasteiger partial charge in [-0.3, -0.25) is 0 Å². The van der Waals surface area contributed by atoms with Crippen LogP contribution in [-0.4, -0.2) is 11.7 Å². The summed E-state index contributed by atoms with van der Waals surface area (Å²) in [5.74, 6) is 0.722. The predicted molar refractivity (Wildman–Crippen MR) is 58.7 cm³/mol. The van der Waals surface area contributed by atoms with E-state index in [1.165, 1.54) is 19.3 Å². The molecule has 0 spiro atoms. The Bertz CT molecular complexity index is 138. The van der Waals surface area contributed by atoms with Gasteiger partial charge in [-0.25, -0.2) is 0 Å². The van der Waals surface area contributed by atoms with Crippen molar-refractivity contribution in [1.29, 1.82) is 0 Å². The summed E-state index contributed by atoms with van der Waals surface area (Å²) in [6.07, 6.45) is 11.9. The third-order valence-electron chi connectivity index (χ3n) is 2.21. The first-order chi connectivity index (χ1) is 6.35. The van der Waals surface area contributed by atoms with E-state index in [0.29, 0.717) is 0 Å². The van der Waals surface area contributed by atoms with Crippen LogP contribution in [-0.2, 0) is 0 Å². The standard InChI is InChI=1S/C12H22O/c1-3-5-9-12(8-4-2)10-6-7-11-13/h4,6-7,12-13H,2-3,5,8-11H2,1H3/b7-6+. The first kappa shape index (κ1) is 12.4. The van der Waals surface area contributed by atoms with Gasteiger partial charge in [0.2, 0.25) is 0 Å². The molecule has 13 heavy (non-hydrogen) atoms. The van der Waals surface area contributed by atoms with E-state index in [0.717, 1.165) is 18.8 Å². The van der Waals surface area contributed by atoms with Crippen LogP contribution in [0.2, 0.25) is 0 Å². The van der Waals surface area contributed by atoms with E-state index in [1.807, 2.05) is 12.2 Å². The number of allylic oxidation sites excluding steroid dienone is 2. The summed E-state index contributed by atoms with van der Waals surface area (Å²) in [5.41, 5.74) is 0. The highest BCUT2D eigenvalue weighted by atomic mass is 16.2. The molecule has 1 N–H and O–H groups in total. The normalized spacial score (nSPS) is 13.4. The van der Waals surface area contributed by atoms with Gasteiger partial charge in [-0.2, -0.15) is 0 Å². The second kappa shape index (κ2) is 9.53. The number of aliphatic hydroxyl groups is 1. The van der Waals surface area contributed by atoms with Gasteiger partial charge in [0.05, 0.1) is 6.61 Å². The lowest BCUT2D eigenvalue weighted by atomic mass is 9.95. The maximum Gasteiger partial charge on any atom is 0.0612 e.